The maximum atomic E-state index is 13.4. The lowest BCUT2D eigenvalue weighted by Gasteiger charge is -2.22. The van der Waals surface area contributed by atoms with Crippen molar-refractivity contribution >= 4 is 35.1 Å². The summed E-state index contributed by atoms with van der Waals surface area (Å²) in [5.41, 5.74) is 1.87. The molecule has 1 atom stereocenters. The number of amides is 4. The topological polar surface area (TPSA) is 88.2 Å². The number of carbonyl (C=O) groups is 3. The van der Waals surface area contributed by atoms with Crippen LogP contribution in [0.1, 0.15) is 17.2 Å². The van der Waals surface area contributed by atoms with Crippen molar-refractivity contribution < 1.29 is 23.9 Å². The van der Waals surface area contributed by atoms with Gasteiger partial charge in [-0.05, 0) is 11.1 Å². The summed E-state index contributed by atoms with van der Waals surface area (Å²) in [7, 11) is 0. The smallest absolute Gasteiger partial charge is 0.328 e. The lowest BCUT2D eigenvalue weighted by molar-refractivity contribution is -0.131. The van der Waals surface area contributed by atoms with Gasteiger partial charge in [-0.2, -0.15) is 0 Å². The van der Waals surface area contributed by atoms with Crippen LogP contribution in [0.5, 0.6) is 11.5 Å². The molecule has 0 aliphatic carbocycles. The standard InChI is InChI=1S/C26H22ClN3O5/c27-19-13-21-22(35-12-11-34-21)14-20(19)28-23(31)16-30-25(32)24(18-9-5-2-6-10-18)29(26(30)33)15-17-7-3-1-4-8-17/h1-10,13-14,24H,11-12,15-16H2,(H,28,31). The second kappa shape index (κ2) is 9.68. The van der Waals surface area contributed by atoms with Crippen LogP contribution in [-0.2, 0) is 16.1 Å². The molecule has 4 amide bonds. The highest BCUT2D eigenvalue weighted by Crippen LogP contribution is 2.38. The number of rotatable bonds is 6. The molecule has 2 aliphatic heterocycles. The summed E-state index contributed by atoms with van der Waals surface area (Å²) < 4.78 is 11.0. The molecular weight excluding hydrogens is 470 g/mol. The van der Waals surface area contributed by atoms with Crippen molar-refractivity contribution in [2.24, 2.45) is 0 Å². The first-order chi connectivity index (χ1) is 17.0. The molecule has 1 fully saturated rings. The van der Waals surface area contributed by atoms with E-state index < -0.39 is 30.4 Å². The average Bonchev–Trinajstić information content (AvgIpc) is 3.09. The van der Waals surface area contributed by atoms with Crippen molar-refractivity contribution in [1.82, 2.24) is 9.80 Å². The number of urea groups is 1. The summed E-state index contributed by atoms with van der Waals surface area (Å²) in [6.07, 6.45) is 0. The third-order valence-corrected chi connectivity index (χ3v) is 6.12. The van der Waals surface area contributed by atoms with E-state index in [4.69, 9.17) is 21.1 Å². The summed E-state index contributed by atoms with van der Waals surface area (Å²) in [6.45, 7) is 0.585. The van der Waals surface area contributed by atoms with Crippen LogP contribution in [0.3, 0.4) is 0 Å². The molecule has 2 aliphatic rings. The quantitative estimate of drug-likeness (QED) is 0.521. The minimum atomic E-state index is -0.824. The van der Waals surface area contributed by atoms with Gasteiger partial charge in [0.2, 0.25) is 5.91 Å². The number of halogens is 1. The molecule has 5 rings (SSSR count). The average molecular weight is 492 g/mol. The molecule has 178 valence electrons. The third-order valence-electron chi connectivity index (χ3n) is 5.81. The van der Waals surface area contributed by atoms with E-state index in [0.29, 0.717) is 36.0 Å². The Morgan fingerprint density at radius 2 is 1.57 bits per heavy atom. The first-order valence-electron chi connectivity index (χ1n) is 11.1. The van der Waals surface area contributed by atoms with Crippen LogP contribution in [0.4, 0.5) is 10.5 Å². The van der Waals surface area contributed by atoms with E-state index in [9.17, 15) is 14.4 Å². The number of nitrogens with zero attached hydrogens (tertiary/aromatic N) is 2. The van der Waals surface area contributed by atoms with E-state index in [1.54, 1.807) is 24.3 Å². The fourth-order valence-corrected chi connectivity index (χ4v) is 4.38. The van der Waals surface area contributed by atoms with Crippen molar-refractivity contribution in [3.63, 3.8) is 0 Å². The third kappa shape index (κ3) is 4.65. The predicted octanol–water partition coefficient (Wildman–Crippen LogP) is 4.26. The lowest BCUT2D eigenvalue weighted by Crippen LogP contribution is -2.38. The Labute approximate surface area is 207 Å². The minimum absolute atomic E-state index is 0.233. The van der Waals surface area contributed by atoms with Crippen molar-refractivity contribution in [3.05, 3.63) is 88.9 Å². The fraction of sp³-hybridized carbons (Fsp3) is 0.192. The van der Waals surface area contributed by atoms with E-state index in [2.05, 4.69) is 5.32 Å². The maximum Gasteiger partial charge on any atom is 0.328 e. The van der Waals surface area contributed by atoms with Gasteiger partial charge in [0.25, 0.3) is 5.91 Å². The first-order valence-corrected chi connectivity index (χ1v) is 11.5. The number of hydrogen-bond acceptors (Lipinski definition) is 5. The molecule has 9 heteroatoms. The monoisotopic (exact) mass is 491 g/mol. The van der Waals surface area contributed by atoms with Crippen molar-refractivity contribution in [1.29, 1.82) is 0 Å². The Morgan fingerprint density at radius 1 is 0.943 bits per heavy atom. The van der Waals surface area contributed by atoms with Gasteiger partial charge < -0.3 is 19.7 Å². The molecule has 0 saturated carbocycles. The molecule has 0 spiro atoms. The van der Waals surface area contributed by atoms with Crippen molar-refractivity contribution in [3.8, 4) is 11.5 Å². The minimum Gasteiger partial charge on any atom is -0.486 e. The summed E-state index contributed by atoms with van der Waals surface area (Å²) >= 11 is 6.29. The van der Waals surface area contributed by atoms with Crippen LogP contribution in [0.2, 0.25) is 5.02 Å². The number of ether oxygens (including phenoxy) is 2. The van der Waals surface area contributed by atoms with E-state index in [1.807, 2.05) is 48.5 Å². The second-order valence-electron chi connectivity index (χ2n) is 8.16. The second-order valence-corrected chi connectivity index (χ2v) is 8.56. The van der Waals surface area contributed by atoms with Crippen LogP contribution in [0.25, 0.3) is 0 Å². The molecule has 2 heterocycles. The van der Waals surface area contributed by atoms with Gasteiger partial charge in [-0.3, -0.25) is 14.5 Å². The molecule has 1 N–H and O–H groups in total. The Bertz CT molecular complexity index is 1270. The van der Waals surface area contributed by atoms with Crippen LogP contribution in [-0.4, -0.2) is 47.4 Å². The fourth-order valence-electron chi connectivity index (χ4n) is 4.18. The maximum absolute atomic E-state index is 13.4. The van der Waals surface area contributed by atoms with E-state index in [-0.39, 0.29) is 11.6 Å². The zero-order valence-corrected chi connectivity index (χ0v) is 19.4. The molecule has 0 radical (unpaired) electrons. The van der Waals surface area contributed by atoms with Gasteiger partial charge in [0.05, 0.1) is 10.7 Å². The molecule has 3 aromatic carbocycles. The van der Waals surface area contributed by atoms with Gasteiger partial charge in [-0.25, -0.2) is 4.79 Å². The molecule has 8 nitrogen and oxygen atoms in total. The predicted molar refractivity (Wildman–Crippen MR) is 129 cm³/mol. The Balaban J connectivity index is 1.37. The van der Waals surface area contributed by atoms with Gasteiger partial charge in [0.1, 0.15) is 25.8 Å². The van der Waals surface area contributed by atoms with Crippen molar-refractivity contribution in [2.75, 3.05) is 25.1 Å². The van der Waals surface area contributed by atoms with Crippen LogP contribution in [0.15, 0.2) is 72.8 Å². The van der Waals surface area contributed by atoms with Crippen LogP contribution in [0, 0.1) is 0 Å². The SMILES string of the molecule is O=C(CN1C(=O)C(c2ccccc2)N(Cc2ccccc2)C1=O)Nc1cc2c(cc1Cl)OCCO2. The number of anilines is 1. The Hall–Kier alpha value is -4.04. The lowest BCUT2D eigenvalue weighted by atomic mass is 10.1. The van der Waals surface area contributed by atoms with Gasteiger partial charge in [0, 0.05) is 18.7 Å². The van der Waals surface area contributed by atoms with Gasteiger partial charge >= 0.3 is 6.03 Å². The number of imide groups is 1. The van der Waals surface area contributed by atoms with Crippen LogP contribution < -0.4 is 14.8 Å². The summed E-state index contributed by atoms with van der Waals surface area (Å²) in [6, 6.07) is 20.2. The van der Waals surface area contributed by atoms with Crippen LogP contribution >= 0.6 is 11.6 Å². The van der Waals surface area contributed by atoms with E-state index in [0.717, 1.165) is 10.5 Å². The van der Waals surface area contributed by atoms with E-state index in [1.165, 1.54) is 4.90 Å². The van der Waals surface area contributed by atoms with E-state index >= 15 is 0 Å². The number of fused-ring (bicyclic) bond motifs is 1. The summed E-state index contributed by atoms with van der Waals surface area (Å²) in [5, 5.41) is 2.94. The number of hydrogen-bond donors (Lipinski definition) is 1. The summed E-state index contributed by atoms with van der Waals surface area (Å²) in [4.78, 5) is 42.1. The van der Waals surface area contributed by atoms with Gasteiger partial charge in [0.15, 0.2) is 11.5 Å². The van der Waals surface area contributed by atoms with Gasteiger partial charge in [-0.1, -0.05) is 72.3 Å². The van der Waals surface area contributed by atoms with Gasteiger partial charge in [-0.15, -0.1) is 0 Å². The number of nitrogens with one attached hydrogen (secondary N) is 1. The highest BCUT2D eigenvalue weighted by molar-refractivity contribution is 6.34. The highest BCUT2D eigenvalue weighted by atomic mass is 35.5. The molecule has 35 heavy (non-hydrogen) atoms. The zero-order valence-electron chi connectivity index (χ0n) is 18.6. The highest BCUT2D eigenvalue weighted by Gasteiger charge is 2.46. The number of benzene rings is 3. The molecule has 1 saturated heterocycles. The largest absolute Gasteiger partial charge is 0.486 e. The number of carbonyl (C=O) groups excluding carboxylic acids is 3. The molecule has 0 aromatic heterocycles. The molecule has 0 bridgehead atoms. The Kier molecular flexibility index (Phi) is 6.29. The first kappa shape index (κ1) is 22.7. The molecular formula is C26H22ClN3O5. The van der Waals surface area contributed by atoms with Crippen molar-refractivity contribution in [2.45, 2.75) is 12.6 Å². The zero-order chi connectivity index (χ0) is 24.4. The molecule has 3 aromatic rings. The summed E-state index contributed by atoms with van der Waals surface area (Å²) in [5.74, 6) is -0.0620. The Morgan fingerprint density at radius 3 is 2.26 bits per heavy atom. The normalized spacial score (nSPS) is 17.0. The molecule has 1 unspecified atom stereocenters.